The third-order valence-electron chi connectivity index (χ3n) is 5.06. The number of benzene rings is 2. The number of rotatable bonds is 4. The summed E-state index contributed by atoms with van der Waals surface area (Å²) in [4.78, 5) is 41.0. The first-order valence-corrected chi connectivity index (χ1v) is 11.9. The highest BCUT2D eigenvalue weighted by Gasteiger charge is 2.32. The number of halogens is 3. The summed E-state index contributed by atoms with van der Waals surface area (Å²) < 4.78 is 36.6. The maximum Gasteiger partial charge on any atom is 0.374 e. The summed E-state index contributed by atoms with van der Waals surface area (Å²) in [7, 11) is 5.97. The zero-order valence-corrected chi connectivity index (χ0v) is 20.7. The molecule has 37 heavy (non-hydrogen) atoms. The van der Waals surface area contributed by atoms with Crippen LogP contribution in [0.1, 0.15) is 39.7 Å². The van der Waals surface area contributed by atoms with Crippen molar-refractivity contribution in [1.82, 2.24) is 19.2 Å². The number of carbonyl (C=O) groups is 3. The van der Waals surface area contributed by atoms with Crippen LogP contribution in [-0.2, 0) is 16.1 Å². The lowest BCUT2D eigenvalue weighted by Gasteiger charge is -2.24. The molecule has 1 atom stereocenters. The summed E-state index contributed by atoms with van der Waals surface area (Å²) in [6.07, 6.45) is 0. The van der Waals surface area contributed by atoms with Crippen LogP contribution in [0.4, 0.5) is 14.6 Å². The average Bonchev–Trinajstić information content (AvgIpc) is 3.43. The Balaban J connectivity index is 0.000000342. The Morgan fingerprint density at radius 2 is 1.95 bits per heavy atom. The molecule has 2 radical (unpaired) electrons. The second-order valence-electron chi connectivity index (χ2n) is 7.58. The number of hydrogen-bond donors (Lipinski definition) is 2. The van der Waals surface area contributed by atoms with Crippen LogP contribution in [0, 0.1) is 11.6 Å². The van der Waals surface area contributed by atoms with Gasteiger partial charge in [0.25, 0.3) is 5.91 Å². The lowest BCUT2D eigenvalue weighted by molar-refractivity contribution is -0.122. The van der Waals surface area contributed by atoms with Crippen molar-refractivity contribution < 1.29 is 27.9 Å². The van der Waals surface area contributed by atoms with Crippen molar-refractivity contribution in [3.8, 4) is 0 Å². The van der Waals surface area contributed by atoms with Crippen molar-refractivity contribution >= 4 is 64.7 Å². The van der Waals surface area contributed by atoms with Crippen LogP contribution in [-0.4, -0.2) is 46.2 Å². The lowest BCUT2D eigenvalue weighted by Crippen LogP contribution is -2.40. The smallest absolute Gasteiger partial charge is 0.374 e. The van der Waals surface area contributed by atoms with Crippen LogP contribution in [0.2, 0.25) is 5.02 Å². The van der Waals surface area contributed by atoms with Gasteiger partial charge in [-0.2, -0.15) is 4.37 Å². The maximum atomic E-state index is 13.6. The van der Waals surface area contributed by atoms with E-state index in [2.05, 4.69) is 20.0 Å². The first kappa shape index (κ1) is 26.2. The Kier molecular flexibility index (Phi) is 7.84. The van der Waals surface area contributed by atoms with Crippen molar-refractivity contribution in [2.24, 2.45) is 0 Å². The molecule has 0 bridgehead atoms. The van der Waals surface area contributed by atoms with Gasteiger partial charge in [-0.25, -0.2) is 18.6 Å². The number of carbonyl (C=O) groups excluding carboxylic acids is 3. The Morgan fingerprint density at radius 3 is 2.62 bits per heavy atom. The summed E-state index contributed by atoms with van der Waals surface area (Å²) >= 11 is 6.49. The molecule has 9 nitrogen and oxygen atoms in total. The van der Waals surface area contributed by atoms with E-state index in [0.717, 1.165) is 11.5 Å². The molecule has 0 fully saturated rings. The highest BCUT2D eigenvalue weighted by molar-refractivity contribution is 7.13. The Labute approximate surface area is 219 Å². The maximum absolute atomic E-state index is 13.6. The zero-order valence-electron chi connectivity index (χ0n) is 19.1. The summed E-state index contributed by atoms with van der Waals surface area (Å²) in [6, 6.07) is 9.69. The van der Waals surface area contributed by atoms with Crippen molar-refractivity contribution in [2.75, 3.05) is 11.9 Å². The number of ether oxygens (including phenoxy) is 1. The Morgan fingerprint density at radius 1 is 1.24 bits per heavy atom. The monoisotopic (exact) mass is 543 g/mol. The fraction of sp³-hybridized carbons (Fsp3) is 0.174. The second-order valence-corrected chi connectivity index (χ2v) is 8.82. The van der Waals surface area contributed by atoms with Gasteiger partial charge in [0.05, 0.1) is 17.0 Å². The first-order valence-electron chi connectivity index (χ1n) is 10.8. The van der Waals surface area contributed by atoms with E-state index in [0.29, 0.717) is 15.1 Å². The van der Waals surface area contributed by atoms with E-state index in [9.17, 15) is 23.2 Å². The third-order valence-corrected chi connectivity index (χ3v) is 6.14. The van der Waals surface area contributed by atoms with Crippen LogP contribution < -0.4 is 10.6 Å². The van der Waals surface area contributed by atoms with E-state index in [1.54, 1.807) is 6.92 Å². The van der Waals surface area contributed by atoms with Gasteiger partial charge in [-0.15, -0.1) is 0 Å². The number of nitrogens with zero attached hydrogens (tertiary/aromatic N) is 3. The molecule has 2 amide bonds. The molecule has 2 N–H and O–H groups in total. The van der Waals surface area contributed by atoms with E-state index < -0.39 is 29.5 Å². The number of fused-ring (bicyclic) bond motifs is 2. The van der Waals surface area contributed by atoms with Crippen molar-refractivity contribution in [1.29, 1.82) is 0 Å². The predicted octanol–water partition coefficient (Wildman–Crippen LogP) is 3.84. The molecule has 0 saturated heterocycles. The largest absolute Gasteiger partial charge is 0.460 e. The van der Waals surface area contributed by atoms with Crippen LogP contribution in [0.25, 0.3) is 10.1 Å². The summed E-state index contributed by atoms with van der Waals surface area (Å²) in [5.74, 6) is -3.73. The SMILES string of the molecule is Fc1ccc(Cl)cc1.[B]C1NC(=O)Cn2c(C(=O)OCC)nc(NC(=O)c3nsc4ccc(F)cc34)c21. The van der Waals surface area contributed by atoms with Gasteiger partial charge in [-0.1, -0.05) is 11.6 Å². The van der Waals surface area contributed by atoms with Crippen molar-refractivity contribution in [3.05, 3.63) is 76.3 Å². The minimum atomic E-state index is -0.994. The summed E-state index contributed by atoms with van der Waals surface area (Å²) in [6.45, 7) is 1.54. The quantitative estimate of drug-likeness (QED) is 0.299. The molecular weight excluding hydrogens is 527 g/mol. The summed E-state index contributed by atoms with van der Waals surface area (Å²) in [5, 5.41) is 5.99. The molecule has 0 spiro atoms. The van der Waals surface area contributed by atoms with E-state index in [-0.39, 0.29) is 42.0 Å². The molecule has 5 rings (SSSR count). The lowest BCUT2D eigenvalue weighted by atomic mass is 9.91. The van der Waals surface area contributed by atoms with Gasteiger partial charge in [0, 0.05) is 16.4 Å². The van der Waals surface area contributed by atoms with Crippen LogP contribution >= 0.6 is 23.1 Å². The van der Waals surface area contributed by atoms with Crippen LogP contribution in [0.3, 0.4) is 0 Å². The number of hydrogen-bond acceptors (Lipinski definition) is 7. The zero-order chi connectivity index (χ0) is 26.7. The van der Waals surface area contributed by atoms with Gasteiger partial charge in [0.2, 0.25) is 11.7 Å². The van der Waals surface area contributed by atoms with Crippen molar-refractivity contribution in [3.63, 3.8) is 0 Å². The number of imidazole rings is 1. The molecule has 2 aromatic carbocycles. The number of esters is 1. The highest BCUT2D eigenvalue weighted by atomic mass is 35.5. The summed E-state index contributed by atoms with van der Waals surface area (Å²) in [5.41, 5.74) is 0.254. The topological polar surface area (TPSA) is 115 Å². The van der Waals surface area contributed by atoms with Gasteiger partial charge >= 0.3 is 5.97 Å². The van der Waals surface area contributed by atoms with Gasteiger partial charge in [-0.05, 0) is 60.9 Å². The predicted molar refractivity (Wildman–Crippen MR) is 134 cm³/mol. The number of anilines is 1. The first-order chi connectivity index (χ1) is 17.7. The van der Waals surface area contributed by atoms with Crippen LogP contribution in [0.15, 0.2) is 42.5 Å². The normalized spacial score (nSPS) is 14.3. The van der Waals surface area contributed by atoms with E-state index in [1.807, 2.05) is 0 Å². The standard InChI is InChI=1S/C17H13BFN5O4S.C6H4ClF/c1-2-28-17(27)15-21-14(12-13(18)20-10(25)6-24(12)15)22-16(26)11-8-5-7(19)3-4-9(8)29-23-11;7-5-1-3-6(8)4-2-5/h3-5,13H,2,6H2,1H3,(H,20,25)(H,22,26);1-4H. The van der Waals surface area contributed by atoms with Crippen LogP contribution in [0.5, 0.6) is 0 Å². The van der Waals surface area contributed by atoms with Gasteiger partial charge in [-0.3, -0.25) is 9.59 Å². The van der Waals surface area contributed by atoms with Gasteiger partial charge in [0.1, 0.15) is 31.7 Å². The molecule has 1 aliphatic rings. The fourth-order valence-electron chi connectivity index (χ4n) is 3.49. The van der Waals surface area contributed by atoms with E-state index >= 15 is 0 Å². The molecular formula is C23H17BClF2N5O4S. The number of aromatic nitrogens is 3. The average molecular weight is 544 g/mol. The molecule has 2 aromatic heterocycles. The Bertz CT molecular complexity index is 1470. The molecule has 14 heteroatoms. The van der Waals surface area contributed by atoms with Gasteiger partial charge < -0.3 is 19.9 Å². The minimum absolute atomic E-state index is 0.0110. The highest BCUT2D eigenvalue weighted by Crippen LogP contribution is 2.28. The molecule has 4 aromatic rings. The molecule has 1 unspecified atom stereocenters. The minimum Gasteiger partial charge on any atom is -0.460 e. The molecule has 1 aliphatic heterocycles. The van der Waals surface area contributed by atoms with E-state index in [4.69, 9.17) is 24.2 Å². The van der Waals surface area contributed by atoms with E-state index in [1.165, 1.54) is 47.0 Å². The fourth-order valence-corrected chi connectivity index (χ4v) is 4.37. The molecule has 188 valence electrons. The third kappa shape index (κ3) is 5.78. The Hall–Kier alpha value is -3.84. The van der Waals surface area contributed by atoms with Crippen molar-refractivity contribution in [2.45, 2.75) is 19.4 Å². The number of nitrogens with one attached hydrogen (secondary N) is 2. The van der Waals surface area contributed by atoms with Gasteiger partial charge in [0.15, 0.2) is 5.82 Å². The molecule has 0 aliphatic carbocycles. The molecule has 0 saturated carbocycles. The molecule has 3 heterocycles. The number of amides is 2. The second kappa shape index (κ2) is 11.1.